The third kappa shape index (κ3) is 4.93. The van der Waals surface area contributed by atoms with Crippen LogP contribution >= 0.6 is 0 Å². The first-order chi connectivity index (χ1) is 15.5. The number of ether oxygens (including phenoxy) is 1. The zero-order valence-corrected chi connectivity index (χ0v) is 17.9. The third-order valence-corrected chi connectivity index (χ3v) is 6.43. The molecule has 2 aromatic rings. The van der Waals surface area contributed by atoms with E-state index >= 15 is 0 Å². The number of hydrogen-bond acceptors (Lipinski definition) is 4. The Balaban J connectivity index is 1.28. The second kappa shape index (κ2) is 9.85. The van der Waals surface area contributed by atoms with Gasteiger partial charge in [-0.15, -0.1) is 0 Å². The zero-order valence-electron chi connectivity index (χ0n) is 17.9. The van der Waals surface area contributed by atoms with E-state index in [1.165, 1.54) is 0 Å². The summed E-state index contributed by atoms with van der Waals surface area (Å²) in [7, 11) is 0. The topological polar surface area (TPSA) is 105 Å². The first kappa shape index (κ1) is 21.9. The maximum atomic E-state index is 12.3. The number of benzene rings is 2. The summed E-state index contributed by atoms with van der Waals surface area (Å²) in [4.78, 5) is 35.6. The molecule has 0 radical (unpaired) electrons. The average molecular weight is 437 g/mol. The lowest BCUT2D eigenvalue weighted by Gasteiger charge is -2.31. The number of amides is 2. The van der Waals surface area contributed by atoms with Crippen LogP contribution in [0, 0.1) is 5.92 Å². The molecule has 0 bridgehead atoms. The Labute approximate surface area is 187 Å². The van der Waals surface area contributed by atoms with E-state index in [0.29, 0.717) is 0 Å². The molecule has 0 spiro atoms. The van der Waals surface area contributed by atoms with Crippen LogP contribution in [0.3, 0.4) is 0 Å². The van der Waals surface area contributed by atoms with E-state index in [-0.39, 0.29) is 43.4 Å². The fourth-order valence-corrected chi connectivity index (χ4v) is 4.93. The fourth-order valence-electron chi connectivity index (χ4n) is 4.93. The third-order valence-electron chi connectivity index (χ3n) is 6.43. The largest absolute Gasteiger partial charge is 0.481 e. The number of carbonyl (C=O) groups excluding carboxylic acids is 2. The van der Waals surface area contributed by atoms with Crippen molar-refractivity contribution in [2.75, 3.05) is 13.2 Å². The number of alkyl carbamates (subject to hydrolysis) is 1. The number of fused-ring (bicyclic) bond motifs is 3. The lowest BCUT2D eigenvalue weighted by molar-refractivity contribution is -0.139. The van der Waals surface area contributed by atoms with Gasteiger partial charge < -0.3 is 20.5 Å². The van der Waals surface area contributed by atoms with Gasteiger partial charge in [0.2, 0.25) is 5.91 Å². The minimum atomic E-state index is -0.854. The smallest absolute Gasteiger partial charge is 0.407 e. The van der Waals surface area contributed by atoms with Gasteiger partial charge in [0, 0.05) is 12.0 Å². The van der Waals surface area contributed by atoms with Crippen molar-refractivity contribution in [3.05, 3.63) is 59.7 Å². The van der Waals surface area contributed by atoms with E-state index in [9.17, 15) is 14.4 Å². The molecule has 2 amide bonds. The van der Waals surface area contributed by atoms with Crippen molar-refractivity contribution in [2.24, 2.45) is 5.92 Å². The predicted octanol–water partition coefficient (Wildman–Crippen LogP) is 3.67. The van der Waals surface area contributed by atoms with Gasteiger partial charge in [0.05, 0.1) is 6.42 Å². The molecule has 4 rings (SSSR count). The number of hydrogen-bond donors (Lipinski definition) is 3. The highest BCUT2D eigenvalue weighted by atomic mass is 16.5. The second-order valence-corrected chi connectivity index (χ2v) is 8.50. The number of carbonyl (C=O) groups is 3. The van der Waals surface area contributed by atoms with Crippen molar-refractivity contribution in [1.82, 2.24) is 10.6 Å². The molecule has 7 heteroatoms. The summed E-state index contributed by atoms with van der Waals surface area (Å²) >= 11 is 0. The molecule has 7 nitrogen and oxygen atoms in total. The van der Waals surface area contributed by atoms with E-state index in [1.807, 2.05) is 36.4 Å². The molecule has 2 atom stereocenters. The Morgan fingerprint density at radius 1 is 0.938 bits per heavy atom. The first-order valence-electron chi connectivity index (χ1n) is 11.1. The number of carboxylic acids is 1. The highest BCUT2D eigenvalue weighted by Crippen LogP contribution is 2.44. The summed E-state index contributed by atoms with van der Waals surface area (Å²) in [5.41, 5.74) is 4.56. The molecule has 0 saturated heterocycles. The SMILES string of the molecule is O=C(O)CC1CCCCC1NC(=O)CNC(=O)OCC1c2ccccc2-c2ccccc21. The Hall–Kier alpha value is -3.35. The van der Waals surface area contributed by atoms with Crippen molar-refractivity contribution in [3.8, 4) is 11.1 Å². The Morgan fingerprint density at radius 3 is 2.22 bits per heavy atom. The zero-order chi connectivity index (χ0) is 22.5. The summed E-state index contributed by atoms with van der Waals surface area (Å²) in [5, 5.41) is 14.5. The molecule has 1 saturated carbocycles. The van der Waals surface area contributed by atoms with Crippen LogP contribution in [0.25, 0.3) is 11.1 Å². The standard InChI is InChI=1S/C25H28N2O5/c28-23(27-22-12-6-1-7-16(22)13-24(29)30)14-26-25(31)32-15-21-19-10-4-2-8-17(19)18-9-3-5-11-20(18)21/h2-5,8-11,16,21-22H,1,6-7,12-15H2,(H,26,31)(H,27,28)(H,29,30). The quantitative estimate of drug-likeness (QED) is 0.614. The van der Waals surface area contributed by atoms with Gasteiger partial charge in [-0.05, 0) is 41.0 Å². The molecule has 32 heavy (non-hydrogen) atoms. The predicted molar refractivity (Wildman–Crippen MR) is 119 cm³/mol. The number of rotatable bonds is 7. The molecule has 2 aliphatic carbocycles. The number of carboxylic acid groups (broad SMARTS) is 1. The molecule has 1 fully saturated rings. The van der Waals surface area contributed by atoms with E-state index in [1.54, 1.807) is 0 Å². The summed E-state index contributed by atoms with van der Waals surface area (Å²) < 4.78 is 5.45. The summed E-state index contributed by atoms with van der Waals surface area (Å²) in [6, 6.07) is 16.0. The first-order valence-corrected chi connectivity index (χ1v) is 11.1. The minimum Gasteiger partial charge on any atom is -0.481 e. The number of aliphatic carboxylic acids is 1. The Bertz CT molecular complexity index is 960. The van der Waals surface area contributed by atoms with Crippen molar-refractivity contribution >= 4 is 18.0 Å². The highest BCUT2D eigenvalue weighted by Gasteiger charge is 2.30. The van der Waals surface area contributed by atoms with Crippen LogP contribution in [-0.2, 0) is 14.3 Å². The van der Waals surface area contributed by atoms with Crippen molar-refractivity contribution < 1.29 is 24.2 Å². The monoisotopic (exact) mass is 436 g/mol. The van der Waals surface area contributed by atoms with Crippen molar-refractivity contribution in [3.63, 3.8) is 0 Å². The van der Waals surface area contributed by atoms with E-state index in [2.05, 4.69) is 22.8 Å². The van der Waals surface area contributed by atoms with Crippen LogP contribution in [0.2, 0.25) is 0 Å². The van der Waals surface area contributed by atoms with Crippen molar-refractivity contribution in [2.45, 2.75) is 44.1 Å². The molecule has 0 heterocycles. The van der Waals surface area contributed by atoms with Crippen molar-refractivity contribution in [1.29, 1.82) is 0 Å². The Kier molecular flexibility index (Phi) is 6.73. The molecule has 0 aromatic heterocycles. The molecular weight excluding hydrogens is 408 g/mol. The maximum Gasteiger partial charge on any atom is 0.407 e. The molecule has 0 aliphatic heterocycles. The van der Waals surface area contributed by atoms with Gasteiger partial charge in [-0.1, -0.05) is 61.4 Å². The molecular formula is C25H28N2O5. The lowest BCUT2D eigenvalue weighted by Crippen LogP contribution is -2.46. The summed E-state index contributed by atoms with van der Waals surface area (Å²) in [6.07, 6.45) is 2.88. The highest BCUT2D eigenvalue weighted by molar-refractivity contribution is 5.83. The van der Waals surface area contributed by atoms with Crippen LogP contribution < -0.4 is 10.6 Å². The molecule has 168 valence electrons. The van der Waals surface area contributed by atoms with Crippen LogP contribution in [0.1, 0.15) is 49.1 Å². The maximum absolute atomic E-state index is 12.3. The van der Waals surface area contributed by atoms with Crippen LogP contribution in [0.4, 0.5) is 4.79 Å². The normalized spacial score (nSPS) is 19.5. The van der Waals surface area contributed by atoms with Gasteiger partial charge in [-0.3, -0.25) is 9.59 Å². The number of nitrogens with one attached hydrogen (secondary N) is 2. The second-order valence-electron chi connectivity index (χ2n) is 8.50. The van der Waals surface area contributed by atoms with Crippen LogP contribution in [0.15, 0.2) is 48.5 Å². The fraction of sp³-hybridized carbons (Fsp3) is 0.400. The molecule has 2 unspecified atom stereocenters. The van der Waals surface area contributed by atoms with E-state index in [4.69, 9.17) is 9.84 Å². The van der Waals surface area contributed by atoms with Gasteiger partial charge in [0.15, 0.2) is 0 Å². The molecule has 2 aromatic carbocycles. The van der Waals surface area contributed by atoms with E-state index in [0.717, 1.165) is 47.9 Å². The van der Waals surface area contributed by atoms with Crippen LogP contribution in [0.5, 0.6) is 0 Å². The van der Waals surface area contributed by atoms with Gasteiger partial charge in [0.1, 0.15) is 13.2 Å². The minimum absolute atomic E-state index is 0.0407. The van der Waals surface area contributed by atoms with Gasteiger partial charge in [-0.25, -0.2) is 4.79 Å². The average Bonchev–Trinajstić information content (AvgIpc) is 3.11. The van der Waals surface area contributed by atoms with Crippen LogP contribution in [-0.4, -0.2) is 42.3 Å². The van der Waals surface area contributed by atoms with Gasteiger partial charge in [0.25, 0.3) is 0 Å². The summed E-state index contributed by atoms with van der Waals surface area (Å²) in [6.45, 7) is -0.0161. The lowest BCUT2D eigenvalue weighted by atomic mass is 9.82. The molecule has 3 N–H and O–H groups in total. The molecule has 2 aliphatic rings. The van der Waals surface area contributed by atoms with Gasteiger partial charge in [-0.2, -0.15) is 0 Å². The summed E-state index contributed by atoms with van der Waals surface area (Å²) in [5.74, 6) is -1.30. The Morgan fingerprint density at radius 2 is 1.56 bits per heavy atom. The van der Waals surface area contributed by atoms with E-state index < -0.39 is 12.1 Å². The van der Waals surface area contributed by atoms with Gasteiger partial charge >= 0.3 is 12.1 Å².